The maximum absolute atomic E-state index is 12.3. The second kappa shape index (κ2) is 5.87. The Bertz CT molecular complexity index is 802. The van der Waals surface area contributed by atoms with Gasteiger partial charge in [0.1, 0.15) is 0 Å². The largest absolute Gasteiger partial charge is 0.478 e. The molecule has 0 unspecified atom stereocenters. The Balaban J connectivity index is 2.36. The third-order valence-corrected chi connectivity index (χ3v) is 5.07. The lowest BCUT2D eigenvalue weighted by Crippen LogP contribution is -2.13. The minimum atomic E-state index is -3.83. The van der Waals surface area contributed by atoms with Crippen LogP contribution in [0.1, 0.15) is 15.9 Å². The summed E-state index contributed by atoms with van der Waals surface area (Å²) in [5, 5.41) is 8.91. The van der Waals surface area contributed by atoms with Crippen LogP contribution in [0.25, 0.3) is 0 Å². The topological polar surface area (TPSA) is 83.5 Å². The highest BCUT2D eigenvalue weighted by atomic mass is 79.9. The molecule has 0 aliphatic heterocycles. The zero-order valence-corrected chi connectivity index (χ0v) is 13.4. The van der Waals surface area contributed by atoms with Crippen molar-refractivity contribution in [3.05, 3.63) is 58.1 Å². The first-order valence-electron chi connectivity index (χ1n) is 5.92. The van der Waals surface area contributed by atoms with E-state index in [2.05, 4.69) is 20.7 Å². The molecule has 2 rings (SSSR count). The summed E-state index contributed by atoms with van der Waals surface area (Å²) >= 11 is 3.34. The third kappa shape index (κ3) is 3.62. The van der Waals surface area contributed by atoms with Gasteiger partial charge in [-0.25, -0.2) is 13.2 Å². The van der Waals surface area contributed by atoms with E-state index in [9.17, 15) is 13.2 Å². The van der Waals surface area contributed by atoms with Crippen molar-refractivity contribution >= 4 is 37.6 Å². The monoisotopic (exact) mass is 369 g/mol. The molecule has 0 atom stereocenters. The van der Waals surface area contributed by atoms with E-state index in [1.807, 2.05) is 6.92 Å². The van der Waals surface area contributed by atoms with Crippen molar-refractivity contribution in [1.29, 1.82) is 0 Å². The SMILES string of the molecule is Cc1cc(NS(=O)(=O)c2cccc(C(=O)O)c2)ccc1Br. The van der Waals surface area contributed by atoms with E-state index in [1.54, 1.807) is 18.2 Å². The maximum atomic E-state index is 12.3. The van der Waals surface area contributed by atoms with Gasteiger partial charge in [-0.05, 0) is 48.9 Å². The molecule has 0 aliphatic rings. The Morgan fingerprint density at radius 1 is 1.19 bits per heavy atom. The molecule has 0 fully saturated rings. The van der Waals surface area contributed by atoms with Crippen molar-refractivity contribution in [1.82, 2.24) is 0 Å². The summed E-state index contributed by atoms with van der Waals surface area (Å²) in [4.78, 5) is 10.8. The summed E-state index contributed by atoms with van der Waals surface area (Å²) in [6.07, 6.45) is 0. The first kappa shape index (κ1) is 15.5. The fourth-order valence-electron chi connectivity index (χ4n) is 1.72. The summed E-state index contributed by atoms with van der Waals surface area (Å²) in [6, 6.07) is 10.2. The van der Waals surface area contributed by atoms with Crippen molar-refractivity contribution in [2.75, 3.05) is 4.72 Å². The van der Waals surface area contributed by atoms with Crippen molar-refractivity contribution < 1.29 is 18.3 Å². The smallest absolute Gasteiger partial charge is 0.335 e. The maximum Gasteiger partial charge on any atom is 0.335 e. The Hall–Kier alpha value is -1.86. The van der Waals surface area contributed by atoms with Crippen LogP contribution in [-0.4, -0.2) is 19.5 Å². The molecule has 0 saturated carbocycles. The van der Waals surface area contributed by atoms with E-state index in [-0.39, 0.29) is 10.5 Å². The molecule has 0 spiro atoms. The first-order chi connectivity index (χ1) is 9.79. The number of benzene rings is 2. The molecule has 0 aliphatic carbocycles. The van der Waals surface area contributed by atoms with Crippen molar-refractivity contribution in [3.8, 4) is 0 Å². The number of carbonyl (C=O) groups is 1. The summed E-state index contributed by atoms with van der Waals surface area (Å²) in [6.45, 7) is 1.84. The van der Waals surface area contributed by atoms with Crippen molar-refractivity contribution in [3.63, 3.8) is 0 Å². The highest BCUT2D eigenvalue weighted by molar-refractivity contribution is 9.10. The number of halogens is 1. The number of aromatic carboxylic acids is 1. The number of sulfonamides is 1. The quantitative estimate of drug-likeness (QED) is 0.866. The van der Waals surface area contributed by atoms with Crippen LogP contribution in [0.15, 0.2) is 51.8 Å². The van der Waals surface area contributed by atoms with Gasteiger partial charge in [-0.1, -0.05) is 22.0 Å². The molecule has 0 saturated heterocycles. The molecule has 2 N–H and O–H groups in total. The van der Waals surface area contributed by atoms with Crippen LogP contribution in [0.2, 0.25) is 0 Å². The average Bonchev–Trinajstić information content (AvgIpc) is 2.43. The van der Waals surface area contributed by atoms with E-state index >= 15 is 0 Å². The molecule has 7 heteroatoms. The molecule has 0 radical (unpaired) electrons. The molecule has 2 aromatic rings. The van der Waals surface area contributed by atoms with Crippen LogP contribution in [0, 0.1) is 6.92 Å². The molecule has 0 heterocycles. The zero-order chi connectivity index (χ0) is 15.6. The number of carboxylic acid groups (broad SMARTS) is 1. The lowest BCUT2D eigenvalue weighted by molar-refractivity contribution is 0.0696. The molecular formula is C14H12BrNO4S. The fraction of sp³-hybridized carbons (Fsp3) is 0.0714. The van der Waals surface area contributed by atoms with Gasteiger partial charge in [0, 0.05) is 10.2 Å². The van der Waals surface area contributed by atoms with Gasteiger partial charge < -0.3 is 5.11 Å². The van der Waals surface area contributed by atoms with Gasteiger partial charge in [0.15, 0.2) is 0 Å². The zero-order valence-electron chi connectivity index (χ0n) is 11.0. The molecule has 5 nitrogen and oxygen atoms in total. The van der Waals surface area contributed by atoms with Gasteiger partial charge in [0.05, 0.1) is 10.5 Å². The molecule has 0 bridgehead atoms. The van der Waals surface area contributed by atoms with E-state index in [0.717, 1.165) is 16.1 Å². The number of rotatable bonds is 4. The van der Waals surface area contributed by atoms with E-state index < -0.39 is 16.0 Å². The Morgan fingerprint density at radius 3 is 2.52 bits per heavy atom. The minimum absolute atomic E-state index is 0.0788. The normalized spacial score (nSPS) is 11.1. The van der Waals surface area contributed by atoms with Crippen LogP contribution >= 0.6 is 15.9 Å². The second-order valence-corrected chi connectivity index (χ2v) is 6.94. The number of anilines is 1. The number of hydrogen-bond acceptors (Lipinski definition) is 3. The van der Waals surface area contributed by atoms with E-state index in [4.69, 9.17) is 5.11 Å². The number of aryl methyl sites for hydroxylation is 1. The Kier molecular flexibility index (Phi) is 4.34. The van der Waals surface area contributed by atoms with Crippen LogP contribution in [0.3, 0.4) is 0 Å². The lowest BCUT2D eigenvalue weighted by Gasteiger charge is -2.10. The molecule has 2 aromatic carbocycles. The molecule has 0 aromatic heterocycles. The highest BCUT2D eigenvalue weighted by Gasteiger charge is 2.16. The van der Waals surface area contributed by atoms with E-state index in [1.165, 1.54) is 18.2 Å². The van der Waals surface area contributed by atoms with Crippen LogP contribution in [0.5, 0.6) is 0 Å². The Morgan fingerprint density at radius 2 is 1.90 bits per heavy atom. The minimum Gasteiger partial charge on any atom is -0.478 e. The van der Waals surface area contributed by atoms with Crippen LogP contribution < -0.4 is 4.72 Å². The lowest BCUT2D eigenvalue weighted by atomic mass is 10.2. The summed E-state index contributed by atoms with van der Waals surface area (Å²) < 4.78 is 27.8. The van der Waals surface area contributed by atoms with Gasteiger partial charge in [-0.2, -0.15) is 0 Å². The fourth-order valence-corrected chi connectivity index (χ4v) is 3.06. The average molecular weight is 370 g/mol. The molecule has 21 heavy (non-hydrogen) atoms. The molecule has 110 valence electrons. The van der Waals surface area contributed by atoms with Gasteiger partial charge >= 0.3 is 5.97 Å². The van der Waals surface area contributed by atoms with Crippen LogP contribution in [0.4, 0.5) is 5.69 Å². The standard InChI is InChI=1S/C14H12BrNO4S/c1-9-7-11(5-6-13(9)15)16-21(19,20)12-4-2-3-10(8-12)14(17)18/h2-8,16H,1H3,(H,17,18). The second-order valence-electron chi connectivity index (χ2n) is 4.40. The van der Waals surface area contributed by atoms with Crippen molar-refractivity contribution in [2.24, 2.45) is 0 Å². The number of hydrogen-bond donors (Lipinski definition) is 2. The molecule has 0 amide bonds. The Labute approximate surface area is 130 Å². The van der Waals surface area contributed by atoms with Gasteiger partial charge in [-0.15, -0.1) is 0 Å². The number of nitrogens with one attached hydrogen (secondary N) is 1. The van der Waals surface area contributed by atoms with Gasteiger partial charge in [0.2, 0.25) is 0 Å². The van der Waals surface area contributed by atoms with Crippen molar-refractivity contribution in [2.45, 2.75) is 11.8 Å². The predicted molar refractivity (Wildman–Crippen MR) is 83.1 cm³/mol. The highest BCUT2D eigenvalue weighted by Crippen LogP contribution is 2.22. The predicted octanol–water partition coefficient (Wildman–Crippen LogP) is 3.26. The van der Waals surface area contributed by atoms with Crippen LogP contribution in [-0.2, 0) is 10.0 Å². The summed E-state index contributed by atoms with van der Waals surface area (Å²) in [5.74, 6) is -1.17. The van der Waals surface area contributed by atoms with E-state index in [0.29, 0.717) is 5.69 Å². The molecular weight excluding hydrogens is 358 g/mol. The third-order valence-electron chi connectivity index (χ3n) is 2.80. The van der Waals surface area contributed by atoms with Gasteiger partial charge in [0.25, 0.3) is 10.0 Å². The summed E-state index contributed by atoms with van der Waals surface area (Å²) in [5.41, 5.74) is 1.22. The van der Waals surface area contributed by atoms with Gasteiger partial charge in [-0.3, -0.25) is 4.72 Å². The first-order valence-corrected chi connectivity index (χ1v) is 8.19. The number of carboxylic acids is 1. The summed E-state index contributed by atoms with van der Waals surface area (Å²) in [7, 11) is -3.83.